The van der Waals surface area contributed by atoms with E-state index in [-0.39, 0.29) is 0 Å². The molecule has 2 aliphatic heterocycles. The van der Waals surface area contributed by atoms with Gasteiger partial charge >= 0.3 is 6.16 Å². The first kappa shape index (κ1) is 15.1. The summed E-state index contributed by atoms with van der Waals surface area (Å²) in [6.07, 6.45) is 5.80. The third kappa shape index (κ3) is 2.90. The van der Waals surface area contributed by atoms with Crippen LogP contribution in [0, 0.1) is 23.2 Å². The molecule has 2 saturated carbocycles. The average Bonchev–Trinajstić information content (AvgIpc) is 3.23. The highest BCUT2D eigenvalue weighted by Gasteiger charge is 2.58. The number of carboxylic acid groups (broad SMARTS) is 2. The third-order valence-electron chi connectivity index (χ3n) is 6.35. The summed E-state index contributed by atoms with van der Waals surface area (Å²) < 4.78 is 11.5. The molecule has 0 radical (unpaired) electrons. The van der Waals surface area contributed by atoms with Gasteiger partial charge in [-0.2, -0.15) is 0 Å². The van der Waals surface area contributed by atoms with Crippen molar-refractivity contribution in [3.63, 3.8) is 0 Å². The zero-order valence-electron chi connectivity index (χ0n) is 13.0. The number of ether oxygens (including phenoxy) is 2. The van der Waals surface area contributed by atoms with Crippen molar-refractivity contribution in [2.24, 2.45) is 23.2 Å². The van der Waals surface area contributed by atoms with Crippen LogP contribution in [0.15, 0.2) is 0 Å². The molecule has 5 nitrogen and oxygen atoms in total. The Bertz CT molecular complexity index is 421. The first-order valence-corrected chi connectivity index (χ1v) is 8.04. The van der Waals surface area contributed by atoms with Crippen LogP contribution >= 0.6 is 0 Å². The molecule has 0 aromatic rings. The average molecular weight is 298 g/mol. The van der Waals surface area contributed by atoms with Gasteiger partial charge in [-0.3, -0.25) is 0 Å². The Morgan fingerprint density at radius 1 is 1.00 bits per heavy atom. The van der Waals surface area contributed by atoms with Crippen molar-refractivity contribution < 1.29 is 24.5 Å². The molecule has 4 fully saturated rings. The minimum absolute atomic E-state index is 0.494. The Balaban J connectivity index is 0.000000298. The van der Waals surface area contributed by atoms with E-state index in [4.69, 9.17) is 24.5 Å². The van der Waals surface area contributed by atoms with Crippen molar-refractivity contribution >= 4 is 6.16 Å². The van der Waals surface area contributed by atoms with Crippen molar-refractivity contribution in [1.29, 1.82) is 0 Å². The lowest BCUT2D eigenvalue weighted by Crippen LogP contribution is -2.44. The fourth-order valence-corrected chi connectivity index (χ4v) is 4.86. The Kier molecular flexibility index (Phi) is 3.69. The van der Waals surface area contributed by atoms with E-state index >= 15 is 0 Å². The highest BCUT2D eigenvalue weighted by atomic mass is 16.6. The van der Waals surface area contributed by atoms with Gasteiger partial charge in [0.1, 0.15) is 0 Å². The van der Waals surface area contributed by atoms with Crippen molar-refractivity contribution in [2.75, 3.05) is 0 Å². The van der Waals surface area contributed by atoms with E-state index in [0.717, 1.165) is 17.8 Å². The van der Waals surface area contributed by atoms with E-state index in [1.165, 1.54) is 25.7 Å². The molecular weight excluding hydrogens is 272 g/mol. The molecule has 4 rings (SSSR count). The van der Waals surface area contributed by atoms with Crippen molar-refractivity contribution in [1.82, 2.24) is 0 Å². The Hall–Kier alpha value is -0.810. The summed E-state index contributed by atoms with van der Waals surface area (Å²) >= 11 is 0. The van der Waals surface area contributed by atoms with Gasteiger partial charge in [0, 0.05) is 0 Å². The van der Waals surface area contributed by atoms with E-state index in [9.17, 15) is 0 Å². The largest absolute Gasteiger partial charge is 0.503 e. The fourth-order valence-electron chi connectivity index (χ4n) is 4.86. The van der Waals surface area contributed by atoms with E-state index in [2.05, 4.69) is 20.8 Å². The van der Waals surface area contributed by atoms with Crippen LogP contribution in [-0.2, 0) is 9.47 Å². The van der Waals surface area contributed by atoms with Crippen LogP contribution in [0.2, 0.25) is 0 Å². The predicted octanol–water partition coefficient (Wildman–Crippen LogP) is 3.23. The second-order valence-electron chi connectivity index (χ2n) is 7.61. The monoisotopic (exact) mass is 298 g/mol. The zero-order valence-corrected chi connectivity index (χ0v) is 13.0. The molecule has 0 aromatic heterocycles. The van der Waals surface area contributed by atoms with Crippen LogP contribution in [0.1, 0.15) is 46.5 Å². The summed E-state index contributed by atoms with van der Waals surface area (Å²) in [4.78, 5) is 8.56. The highest BCUT2D eigenvalue weighted by molar-refractivity contribution is 5.53. The van der Waals surface area contributed by atoms with Gasteiger partial charge in [-0.15, -0.1) is 0 Å². The van der Waals surface area contributed by atoms with E-state index in [1.807, 2.05) is 0 Å². The van der Waals surface area contributed by atoms with Gasteiger partial charge in [0.15, 0.2) is 0 Å². The number of rotatable bonds is 1. The van der Waals surface area contributed by atoms with Gasteiger partial charge in [-0.05, 0) is 48.9 Å². The Labute approximate surface area is 125 Å². The number of carbonyl (C=O) groups is 1. The minimum atomic E-state index is -1.83. The van der Waals surface area contributed by atoms with Gasteiger partial charge in [-0.1, -0.05) is 20.8 Å². The van der Waals surface area contributed by atoms with Crippen LogP contribution in [0.5, 0.6) is 0 Å². The lowest BCUT2D eigenvalue weighted by Gasteiger charge is -2.48. The Morgan fingerprint density at radius 2 is 1.52 bits per heavy atom. The molecule has 120 valence electrons. The van der Waals surface area contributed by atoms with Crippen LogP contribution in [0.3, 0.4) is 0 Å². The molecule has 21 heavy (non-hydrogen) atoms. The topological polar surface area (TPSA) is 82.6 Å². The highest BCUT2D eigenvalue weighted by Crippen LogP contribution is 2.59. The number of hydrogen-bond acceptors (Lipinski definition) is 3. The molecule has 2 saturated heterocycles. The number of fused-ring (bicyclic) bond motifs is 2. The van der Waals surface area contributed by atoms with Crippen LogP contribution in [-0.4, -0.2) is 40.8 Å². The van der Waals surface area contributed by atoms with Crippen LogP contribution in [0.4, 0.5) is 4.79 Å². The molecule has 0 aromatic carbocycles. The summed E-state index contributed by atoms with van der Waals surface area (Å²) in [6.45, 7) is 7.42. The molecule has 2 heterocycles. The van der Waals surface area contributed by atoms with E-state index in [1.54, 1.807) is 0 Å². The maximum atomic E-state index is 8.56. The SMILES string of the molecule is CC1CC2OC2CC1C1(C)CC2OC2CC1C.O=C(O)O. The normalized spacial score (nSPS) is 53.6. The molecular formula is C16H26O5. The standard InChI is InChI=1S/C15H24O2.CH2O3/c1-8-4-11-13(16-11)6-10(8)15(3)7-14-12(17-14)5-9(15)2;2-1(3)4/h8-14H,4-7H2,1-3H3;(H2,2,3,4). The van der Waals surface area contributed by atoms with Gasteiger partial charge < -0.3 is 19.7 Å². The van der Waals surface area contributed by atoms with E-state index < -0.39 is 6.16 Å². The summed E-state index contributed by atoms with van der Waals surface area (Å²) in [7, 11) is 0. The first-order chi connectivity index (χ1) is 9.81. The molecule has 0 bridgehead atoms. The quantitative estimate of drug-likeness (QED) is 0.726. The molecule has 8 atom stereocenters. The lowest BCUT2D eigenvalue weighted by molar-refractivity contribution is 0.0175. The smallest absolute Gasteiger partial charge is 0.450 e. The predicted molar refractivity (Wildman–Crippen MR) is 76.4 cm³/mol. The molecule has 0 spiro atoms. The molecule has 0 amide bonds. The van der Waals surface area contributed by atoms with Gasteiger partial charge in [-0.25, -0.2) is 4.79 Å². The summed E-state index contributed by atoms with van der Waals surface area (Å²) in [6, 6.07) is 0. The minimum Gasteiger partial charge on any atom is -0.450 e. The molecule has 8 unspecified atom stereocenters. The van der Waals surface area contributed by atoms with Gasteiger partial charge in [0.2, 0.25) is 0 Å². The molecule has 2 N–H and O–H groups in total. The van der Waals surface area contributed by atoms with Crippen molar-refractivity contribution in [3.8, 4) is 0 Å². The maximum Gasteiger partial charge on any atom is 0.503 e. The third-order valence-corrected chi connectivity index (χ3v) is 6.35. The summed E-state index contributed by atoms with van der Waals surface area (Å²) in [5.74, 6) is 2.50. The first-order valence-electron chi connectivity index (χ1n) is 8.04. The van der Waals surface area contributed by atoms with Crippen LogP contribution < -0.4 is 0 Å². The summed E-state index contributed by atoms with van der Waals surface area (Å²) in [5, 5.41) is 13.9. The van der Waals surface area contributed by atoms with Crippen LogP contribution in [0.25, 0.3) is 0 Å². The van der Waals surface area contributed by atoms with Crippen molar-refractivity contribution in [3.05, 3.63) is 0 Å². The van der Waals surface area contributed by atoms with E-state index in [0.29, 0.717) is 29.8 Å². The molecule has 2 aliphatic carbocycles. The zero-order chi connectivity index (χ0) is 15.4. The van der Waals surface area contributed by atoms with Gasteiger partial charge in [0.25, 0.3) is 0 Å². The van der Waals surface area contributed by atoms with Gasteiger partial charge in [0.05, 0.1) is 24.4 Å². The molecule has 5 heteroatoms. The second kappa shape index (κ2) is 5.13. The molecule has 4 aliphatic rings. The number of epoxide rings is 2. The lowest BCUT2D eigenvalue weighted by atomic mass is 9.56. The Morgan fingerprint density at radius 3 is 2.19 bits per heavy atom. The second-order valence-corrected chi connectivity index (χ2v) is 7.61. The number of hydrogen-bond donors (Lipinski definition) is 2. The maximum absolute atomic E-state index is 8.56. The fraction of sp³-hybridized carbons (Fsp3) is 0.938. The van der Waals surface area contributed by atoms with Crippen molar-refractivity contribution in [2.45, 2.75) is 70.9 Å². The summed E-state index contributed by atoms with van der Waals surface area (Å²) in [5.41, 5.74) is 0.494.